The Morgan fingerprint density at radius 2 is 1.44 bits per heavy atom. The van der Waals surface area contributed by atoms with Crippen molar-refractivity contribution < 1.29 is 14.6 Å². The molecule has 0 fully saturated rings. The summed E-state index contributed by atoms with van der Waals surface area (Å²) in [6.45, 7) is 2.26. The summed E-state index contributed by atoms with van der Waals surface area (Å²) in [5.74, 6) is -0.137. The first-order valence-electron chi connectivity index (χ1n) is 10.2. The van der Waals surface area contributed by atoms with Gasteiger partial charge in [0.1, 0.15) is 12.7 Å². The maximum Gasteiger partial charge on any atom is 0.305 e. The Morgan fingerprint density at radius 3 is 2.00 bits per heavy atom. The van der Waals surface area contributed by atoms with Gasteiger partial charge in [0.25, 0.3) is 0 Å². The molecule has 0 radical (unpaired) electrons. The van der Waals surface area contributed by atoms with E-state index >= 15 is 0 Å². The highest BCUT2D eigenvalue weighted by Gasteiger charge is 2.07. The summed E-state index contributed by atoms with van der Waals surface area (Å²) in [6.07, 6.45) is 20.5. The average Bonchev–Trinajstić information content (AvgIpc) is 2.62. The van der Waals surface area contributed by atoms with E-state index in [0.717, 1.165) is 12.8 Å². The summed E-state index contributed by atoms with van der Waals surface area (Å²) in [4.78, 5) is 11.4. The van der Waals surface area contributed by atoms with Crippen LogP contribution in [0.1, 0.15) is 96.8 Å². The molecule has 1 atom stereocenters. The minimum Gasteiger partial charge on any atom is -0.463 e. The van der Waals surface area contributed by atoms with Crippen LogP contribution in [-0.4, -0.2) is 29.7 Å². The predicted molar refractivity (Wildman–Crippen MR) is 107 cm³/mol. The van der Waals surface area contributed by atoms with Gasteiger partial charge in [-0.1, -0.05) is 70.4 Å². The van der Waals surface area contributed by atoms with Gasteiger partial charge in [0.05, 0.1) is 5.88 Å². The minimum absolute atomic E-state index is 0.00735. The van der Waals surface area contributed by atoms with Gasteiger partial charge in [-0.2, -0.15) is 0 Å². The second-order valence-corrected chi connectivity index (χ2v) is 7.13. The topological polar surface area (TPSA) is 46.5 Å². The van der Waals surface area contributed by atoms with Crippen molar-refractivity contribution in [2.75, 3.05) is 12.5 Å². The van der Waals surface area contributed by atoms with Crippen molar-refractivity contribution in [3.63, 3.8) is 0 Å². The van der Waals surface area contributed by atoms with E-state index in [2.05, 4.69) is 19.1 Å². The number of rotatable bonds is 18. The number of allylic oxidation sites excluding steroid dienone is 2. The number of carbonyl (C=O) groups excluding carboxylic acids is 1. The van der Waals surface area contributed by atoms with Gasteiger partial charge in [-0.05, 0) is 32.1 Å². The number of ether oxygens (including phenoxy) is 1. The third kappa shape index (κ3) is 19.6. The molecule has 0 amide bonds. The van der Waals surface area contributed by atoms with Crippen LogP contribution in [0, 0.1) is 0 Å². The second kappa shape index (κ2) is 19.8. The zero-order valence-electron chi connectivity index (χ0n) is 16.2. The fourth-order valence-corrected chi connectivity index (χ4v) is 2.74. The number of aliphatic hydroxyl groups excluding tert-OH is 1. The first-order chi connectivity index (χ1) is 12.2. The summed E-state index contributed by atoms with van der Waals surface area (Å²) in [5.41, 5.74) is 0. The first kappa shape index (κ1) is 24.5. The third-order valence-corrected chi connectivity index (χ3v) is 4.61. The highest BCUT2D eigenvalue weighted by Crippen LogP contribution is 2.10. The molecule has 0 aliphatic heterocycles. The van der Waals surface area contributed by atoms with Crippen molar-refractivity contribution in [3.05, 3.63) is 12.2 Å². The standard InChI is InChI=1S/C21H39ClO3/c1-2-3-4-5-6-7-8-9-10-11-12-13-14-15-16-17-21(24)25-19-20(23)18-22/h9-10,20,23H,2-8,11-19H2,1H3/b10-9-. The van der Waals surface area contributed by atoms with Crippen LogP contribution in [0.5, 0.6) is 0 Å². The average molecular weight is 375 g/mol. The maximum atomic E-state index is 11.4. The van der Waals surface area contributed by atoms with E-state index in [9.17, 15) is 9.90 Å². The number of hydrogen-bond acceptors (Lipinski definition) is 3. The molecule has 0 rings (SSSR count). The first-order valence-corrected chi connectivity index (χ1v) is 10.8. The van der Waals surface area contributed by atoms with E-state index in [-0.39, 0.29) is 18.5 Å². The minimum atomic E-state index is -0.750. The maximum absolute atomic E-state index is 11.4. The van der Waals surface area contributed by atoms with E-state index in [1.54, 1.807) is 0 Å². The SMILES string of the molecule is CCCCCCCC/C=C\CCCCCCCC(=O)OCC(O)CCl. The molecule has 0 aromatic rings. The molecule has 0 bridgehead atoms. The smallest absolute Gasteiger partial charge is 0.305 e. The lowest BCUT2D eigenvalue weighted by atomic mass is 10.1. The van der Waals surface area contributed by atoms with E-state index in [1.165, 1.54) is 70.6 Å². The van der Waals surface area contributed by atoms with Gasteiger partial charge in [-0.3, -0.25) is 4.79 Å². The number of esters is 1. The van der Waals surface area contributed by atoms with Crippen molar-refractivity contribution in [2.24, 2.45) is 0 Å². The zero-order valence-corrected chi connectivity index (χ0v) is 16.9. The normalized spacial score (nSPS) is 12.6. The Balaban J connectivity index is 3.22. The van der Waals surface area contributed by atoms with E-state index < -0.39 is 6.10 Å². The summed E-state index contributed by atoms with van der Waals surface area (Å²) >= 11 is 5.44. The van der Waals surface area contributed by atoms with Crippen molar-refractivity contribution >= 4 is 17.6 Å². The molecular weight excluding hydrogens is 336 g/mol. The number of aliphatic hydroxyl groups is 1. The molecule has 0 aromatic heterocycles. The lowest BCUT2D eigenvalue weighted by molar-refractivity contribution is -0.146. The molecule has 0 aromatic carbocycles. The van der Waals surface area contributed by atoms with Gasteiger partial charge in [-0.15, -0.1) is 11.6 Å². The van der Waals surface area contributed by atoms with Gasteiger partial charge in [-0.25, -0.2) is 0 Å². The summed E-state index contributed by atoms with van der Waals surface area (Å²) in [7, 11) is 0. The monoisotopic (exact) mass is 374 g/mol. The molecule has 3 nitrogen and oxygen atoms in total. The lowest BCUT2D eigenvalue weighted by Crippen LogP contribution is -2.19. The Labute approximate surface area is 160 Å². The van der Waals surface area contributed by atoms with Crippen LogP contribution in [0.25, 0.3) is 0 Å². The fourth-order valence-electron chi connectivity index (χ4n) is 2.65. The van der Waals surface area contributed by atoms with Gasteiger partial charge in [0.15, 0.2) is 0 Å². The number of carbonyl (C=O) groups is 1. The summed E-state index contributed by atoms with van der Waals surface area (Å²) < 4.78 is 4.93. The Hall–Kier alpha value is -0.540. The molecule has 25 heavy (non-hydrogen) atoms. The lowest BCUT2D eigenvalue weighted by Gasteiger charge is -2.07. The van der Waals surface area contributed by atoms with Crippen LogP contribution in [0.2, 0.25) is 0 Å². The largest absolute Gasteiger partial charge is 0.463 e. The Morgan fingerprint density at radius 1 is 0.920 bits per heavy atom. The van der Waals surface area contributed by atoms with Gasteiger partial charge >= 0.3 is 5.97 Å². The number of hydrogen-bond donors (Lipinski definition) is 1. The number of unbranched alkanes of at least 4 members (excludes halogenated alkanes) is 11. The molecular formula is C21H39ClO3. The Kier molecular flexibility index (Phi) is 19.4. The zero-order chi connectivity index (χ0) is 18.6. The van der Waals surface area contributed by atoms with Crippen LogP contribution >= 0.6 is 11.6 Å². The van der Waals surface area contributed by atoms with Crippen molar-refractivity contribution in [1.82, 2.24) is 0 Å². The van der Waals surface area contributed by atoms with Crippen LogP contribution in [0.15, 0.2) is 12.2 Å². The van der Waals surface area contributed by atoms with Crippen LogP contribution in [0.3, 0.4) is 0 Å². The van der Waals surface area contributed by atoms with Gasteiger partial charge in [0.2, 0.25) is 0 Å². The second-order valence-electron chi connectivity index (χ2n) is 6.83. The molecule has 0 spiro atoms. The van der Waals surface area contributed by atoms with Crippen LogP contribution in [0.4, 0.5) is 0 Å². The fraction of sp³-hybridized carbons (Fsp3) is 0.857. The van der Waals surface area contributed by atoms with Crippen LogP contribution < -0.4 is 0 Å². The molecule has 4 heteroatoms. The van der Waals surface area contributed by atoms with Crippen molar-refractivity contribution in [1.29, 1.82) is 0 Å². The predicted octanol–water partition coefficient (Wildman–Crippen LogP) is 6.17. The van der Waals surface area contributed by atoms with Gasteiger partial charge in [0, 0.05) is 6.42 Å². The highest BCUT2D eigenvalue weighted by atomic mass is 35.5. The molecule has 1 N–H and O–H groups in total. The highest BCUT2D eigenvalue weighted by molar-refractivity contribution is 6.18. The molecule has 0 saturated carbocycles. The molecule has 0 heterocycles. The number of halogens is 1. The molecule has 148 valence electrons. The van der Waals surface area contributed by atoms with E-state index in [4.69, 9.17) is 16.3 Å². The van der Waals surface area contributed by atoms with E-state index in [1.807, 2.05) is 0 Å². The third-order valence-electron chi connectivity index (χ3n) is 4.26. The molecule has 0 aliphatic carbocycles. The van der Waals surface area contributed by atoms with Gasteiger partial charge < -0.3 is 9.84 Å². The van der Waals surface area contributed by atoms with E-state index in [0.29, 0.717) is 6.42 Å². The summed E-state index contributed by atoms with van der Waals surface area (Å²) in [6, 6.07) is 0. The summed E-state index contributed by atoms with van der Waals surface area (Å²) in [5, 5.41) is 9.20. The molecule has 1 unspecified atom stereocenters. The van der Waals surface area contributed by atoms with Crippen molar-refractivity contribution in [2.45, 2.75) is 103 Å². The Bertz CT molecular complexity index is 318. The van der Waals surface area contributed by atoms with Crippen LogP contribution in [-0.2, 0) is 9.53 Å². The van der Waals surface area contributed by atoms with Crippen molar-refractivity contribution in [3.8, 4) is 0 Å². The molecule has 0 saturated heterocycles. The number of alkyl halides is 1. The molecule has 0 aliphatic rings. The quantitative estimate of drug-likeness (QED) is 0.135.